The third-order valence-electron chi connectivity index (χ3n) is 5.91. The molecule has 3 rings (SSSR count). The molecule has 0 bridgehead atoms. The van der Waals surface area contributed by atoms with Gasteiger partial charge in [0.05, 0.1) is 0 Å². The first-order chi connectivity index (χ1) is 9.81. The summed E-state index contributed by atoms with van der Waals surface area (Å²) in [4.78, 5) is 5.55. The summed E-state index contributed by atoms with van der Waals surface area (Å²) in [5.41, 5.74) is 0.580. The summed E-state index contributed by atoms with van der Waals surface area (Å²) in [5.74, 6) is 0. The van der Waals surface area contributed by atoms with Crippen LogP contribution in [0, 0.1) is 5.41 Å². The van der Waals surface area contributed by atoms with Crippen molar-refractivity contribution < 1.29 is 0 Å². The molecule has 2 aliphatic heterocycles. The third-order valence-corrected chi connectivity index (χ3v) is 7.10. The average molecular weight is 343 g/mol. The first kappa shape index (κ1) is 15.3. The van der Waals surface area contributed by atoms with E-state index < -0.39 is 0 Å². The molecule has 0 radical (unpaired) electrons. The van der Waals surface area contributed by atoms with Gasteiger partial charge in [-0.05, 0) is 57.2 Å². The maximum atomic E-state index is 3.85. The Morgan fingerprint density at radius 3 is 2.25 bits per heavy atom. The highest BCUT2D eigenvalue weighted by molar-refractivity contribution is 9.09. The Labute approximate surface area is 133 Å². The number of alkyl halides is 1. The third kappa shape index (κ3) is 3.59. The number of nitrogens with zero attached hydrogens (tertiary/aromatic N) is 2. The highest BCUT2D eigenvalue weighted by Gasteiger charge is 2.36. The van der Waals surface area contributed by atoms with E-state index in [2.05, 4.69) is 25.7 Å². The summed E-state index contributed by atoms with van der Waals surface area (Å²) in [7, 11) is 0. The quantitative estimate of drug-likeness (QED) is 0.564. The summed E-state index contributed by atoms with van der Waals surface area (Å²) in [6.07, 6.45) is 13.0. The predicted octanol–water partition coefficient (Wildman–Crippen LogP) is 3.89. The van der Waals surface area contributed by atoms with Crippen molar-refractivity contribution >= 4 is 15.9 Å². The van der Waals surface area contributed by atoms with Crippen molar-refractivity contribution in [1.82, 2.24) is 9.80 Å². The molecule has 1 saturated carbocycles. The van der Waals surface area contributed by atoms with E-state index in [1.54, 1.807) is 0 Å². The van der Waals surface area contributed by atoms with Crippen molar-refractivity contribution in [2.75, 3.05) is 38.1 Å². The van der Waals surface area contributed by atoms with Crippen LogP contribution in [0.1, 0.15) is 57.8 Å². The minimum absolute atomic E-state index is 0.580. The largest absolute Gasteiger partial charge is 0.301 e. The molecule has 0 aromatic heterocycles. The van der Waals surface area contributed by atoms with Gasteiger partial charge in [0, 0.05) is 24.5 Å². The minimum Gasteiger partial charge on any atom is -0.301 e. The van der Waals surface area contributed by atoms with Crippen molar-refractivity contribution in [3.63, 3.8) is 0 Å². The molecule has 0 N–H and O–H groups in total. The van der Waals surface area contributed by atoms with E-state index in [1.165, 1.54) is 95.8 Å². The van der Waals surface area contributed by atoms with E-state index >= 15 is 0 Å². The zero-order chi connectivity index (χ0) is 13.8. The molecule has 0 spiro atoms. The highest BCUT2D eigenvalue weighted by Crippen LogP contribution is 2.38. The van der Waals surface area contributed by atoms with Crippen LogP contribution in [-0.4, -0.2) is 53.9 Å². The predicted molar refractivity (Wildman–Crippen MR) is 89.6 cm³/mol. The summed E-state index contributed by atoms with van der Waals surface area (Å²) in [6, 6.07) is 0.871. The van der Waals surface area contributed by atoms with E-state index in [0.29, 0.717) is 5.41 Å². The Morgan fingerprint density at radius 1 is 0.900 bits per heavy atom. The molecule has 0 aromatic carbocycles. The first-order valence-corrected chi connectivity index (χ1v) is 9.96. The normalized spacial score (nSPS) is 32.5. The van der Waals surface area contributed by atoms with Crippen LogP contribution in [0.2, 0.25) is 0 Å². The van der Waals surface area contributed by atoms with E-state index in [9.17, 15) is 0 Å². The molecule has 2 saturated heterocycles. The van der Waals surface area contributed by atoms with Gasteiger partial charge in [0.2, 0.25) is 0 Å². The molecular weight excluding hydrogens is 312 g/mol. The topological polar surface area (TPSA) is 6.48 Å². The molecule has 0 amide bonds. The van der Waals surface area contributed by atoms with Gasteiger partial charge in [0.25, 0.3) is 0 Å². The molecule has 3 heteroatoms. The standard InChI is InChI=1S/C17H31BrN2/c18-14-17(8-3-1-2-4-9-17)15-19-12-7-16(13-19)20-10-5-6-11-20/h16H,1-15H2. The zero-order valence-corrected chi connectivity index (χ0v) is 14.5. The Hall–Kier alpha value is 0.400. The fourth-order valence-corrected chi connectivity index (χ4v) is 5.39. The summed E-state index contributed by atoms with van der Waals surface area (Å²) in [6.45, 7) is 6.76. The number of hydrogen-bond donors (Lipinski definition) is 0. The fourth-order valence-electron chi connectivity index (χ4n) is 4.65. The molecule has 1 unspecified atom stereocenters. The lowest BCUT2D eigenvalue weighted by molar-refractivity contribution is 0.161. The molecule has 1 aliphatic carbocycles. The van der Waals surface area contributed by atoms with Crippen LogP contribution < -0.4 is 0 Å². The number of hydrogen-bond acceptors (Lipinski definition) is 2. The molecule has 3 aliphatic rings. The molecule has 20 heavy (non-hydrogen) atoms. The summed E-state index contributed by atoms with van der Waals surface area (Å²) in [5, 5.41) is 1.21. The maximum Gasteiger partial charge on any atom is 0.0235 e. The number of rotatable bonds is 4. The van der Waals surface area contributed by atoms with Crippen LogP contribution in [0.5, 0.6) is 0 Å². The van der Waals surface area contributed by atoms with E-state index in [1.807, 2.05) is 0 Å². The second kappa shape index (κ2) is 7.11. The smallest absolute Gasteiger partial charge is 0.0235 e. The van der Waals surface area contributed by atoms with Gasteiger partial charge in [-0.1, -0.05) is 41.6 Å². The Morgan fingerprint density at radius 2 is 1.60 bits per heavy atom. The molecular formula is C17H31BrN2. The minimum atomic E-state index is 0.580. The van der Waals surface area contributed by atoms with Crippen LogP contribution in [0.15, 0.2) is 0 Å². The van der Waals surface area contributed by atoms with Crippen molar-refractivity contribution in [3.05, 3.63) is 0 Å². The molecule has 1 atom stereocenters. The Balaban J connectivity index is 1.54. The first-order valence-electron chi connectivity index (χ1n) is 8.84. The van der Waals surface area contributed by atoms with Gasteiger partial charge in [-0.15, -0.1) is 0 Å². The van der Waals surface area contributed by atoms with E-state index in [0.717, 1.165) is 6.04 Å². The lowest BCUT2D eigenvalue weighted by atomic mass is 9.82. The van der Waals surface area contributed by atoms with Crippen molar-refractivity contribution in [2.24, 2.45) is 5.41 Å². The average Bonchev–Trinajstić information content (AvgIpc) is 3.08. The van der Waals surface area contributed by atoms with Gasteiger partial charge >= 0.3 is 0 Å². The van der Waals surface area contributed by atoms with Gasteiger partial charge < -0.3 is 4.90 Å². The van der Waals surface area contributed by atoms with Crippen LogP contribution in [-0.2, 0) is 0 Å². The fraction of sp³-hybridized carbons (Fsp3) is 1.00. The van der Waals surface area contributed by atoms with Gasteiger partial charge in [-0.3, -0.25) is 4.90 Å². The van der Waals surface area contributed by atoms with Crippen LogP contribution >= 0.6 is 15.9 Å². The van der Waals surface area contributed by atoms with E-state index in [4.69, 9.17) is 0 Å². The number of halogens is 1. The van der Waals surface area contributed by atoms with Crippen LogP contribution in [0.25, 0.3) is 0 Å². The molecule has 2 heterocycles. The number of likely N-dealkylation sites (tertiary alicyclic amines) is 2. The van der Waals surface area contributed by atoms with Crippen molar-refractivity contribution in [1.29, 1.82) is 0 Å². The van der Waals surface area contributed by atoms with Crippen LogP contribution in [0.3, 0.4) is 0 Å². The second-order valence-corrected chi connectivity index (χ2v) is 8.03. The molecule has 3 fully saturated rings. The van der Waals surface area contributed by atoms with Gasteiger partial charge in [0.1, 0.15) is 0 Å². The lowest BCUT2D eigenvalue weighted by Gasteiger charge is -2.35. The van der Waals surface area contributed by atoms with Crippen LogP contribution in [0.4, 0.5) is 0 Å². The highest BCUT2D eigenvalue weighted by atomic mass is 79.9. The Bertz CT molecular complexity index is 293. The monoisotopic (exact) mass is 342 g/mol. The van der Waals surface area contributed by atoms with Crippen molar-refractivity contribution in [3.8, 4) is 0 Å². The van der Waals surface area contributed by atoms with Gasteiger partial charge in [-0.25, -0.2) is 0 Å². The maximum absolute atomic E-state index is 3.85. The SMILES string of the molecule is BrCC1(CN2CCC(N3CCCC3)C2)CCCCCC1. The lowest BCUT2D eigenvalue weighted by Crippen LogP contribution is -2.40. The van der Waals surface area contributed by atoms with Gasteiger partial charge in [0.15, 0.2) is 0 Å². The molecule has 2 nitrogen and oxygen atoms in total. The second-order valence-electron chi connectivity index (χ2n) is 7.47. The van der Waals surface area contributed by atoms with E-state index in [-0.39, 0.29) is 0 Å². The summed E-state index contributed by atoms with van der Waals surface area (Å²) >= 11 is 3.85. The Kier molecular flexibility index (Phi) is 5.44. The zero-order valence-electron chi connectivity index (χ0n) is 13.0. The molecule has 0 aromatic rings. The van der Waals surface area contributed by atoms with Gasteiger partial charge in [-0.2, -0.15) is 0 Å². The molecule has 116 valence electrons. The summed E-state index contributed by atoms with van der Waals surface area (Å²) < 4.78 is 0. The van der Waals surface area contributed by atoms with Crippen molar-refractivity contribution in [2.45, 2.75) is 63.8 Å².